The molecule has 0 aliphatic rings. The first-order valence-corrected chi connectivity index (χ1v) is 5.44. The molecule has 4 heterocycles. The van der Waals surface area contributed by atoms with Gasteiger partial charge in [0.1, 0.15) is 0 Å². The molecular formula is C12H8O2S. The Morgan fingerprint density at radius 3 is 1.40 bits per heavy atom. The molecule has 74 valence electrons. The monoisotopic (exact) mass is 216 g/mol. The summed E-state index contributed by atoms with van der Waals surface area (Å²) in [6.45, 7) is 0. The van der Waals surface area contributed by atoms with Crippen LogP contribution >= 0.6 is 11.3 Å². The van der Waals surface area contributed by atoms with Crippen LogP contribution in [0.25, 0.3) is 20.6 Å². The molecule has 0 amide bonds. The van der Waals surface area contributed by atoms with Gasteiger partial charge in [-0.2, -0.15) is 0 Å². The molecular weight excluding hydrogens is 208 g/mol. The Morgan fingerprint density at radius 2 is 1.00 bits per heavy atom. The van der Waals surface area contributed by atoms with Gasteiger partial charge in [-0.25, -0.2) is 0 Å². The van der Waals surface area contributed by atoms with Crippen molar-refractivity contribution in [3.63, 3.8) is 0 Å². The summed E-state index contributed by atoms with van der Waals surface area (Å²) in [6.07, 6.45) is 0. The molecule has 2 nitrogen and oxygen atoms in total. The van der Waals surface area contributed by atoms with Crippen LogP contribution in [0.2, 0.25) is 0 Å². The van der Waals surface area contributed by atoms with Crippen LogP contribution in [0.3, 0.4) is 0 Å². The van der Waals surface area contributed by atoms with Gasteiger partial charge >= 0.3 is 0 Å². The second-order valence-corrected chi connectivity index (χ2v) is 4.36. The lowest BCUT2D eigenvalue weighted by Crippen LogP contribution is -1.60. The standard InChI is InChI=1S/C12H8O2S/c1-5-11-6-2-9(1)13-14-10-3-7-12(15-11)8-4-10/h1-8H. The van der Waals surface area contributed by atoms with Crippen molar-refractivity contribution in [2.24, 2.45) is 0 Å². The van der Waals surface area contributed by atoms with Gasteiger partial charge in [0.05, 0.1) is 0 Å². The molecule has 0 aliphatic carbocycles. The molecule has 2 aromatic carbocycles. The summed E-state index contributed by atoms with van der Waals surface area (Å²) in [5.41, 5.74) is 1.42. The Labute approximate surface area is 90.0 Å². The molecule has 3 heteroatoms. The zero-order chi connectivity index (χ0) is 10.1. The highest BCUT2D eigenvalue weighted by molar-refractivity contribution is 7.22. The SMILES string of the molecule is c1cc2ccc1ooc1ccc(cc1)s2. The highest BCUT2D eigenvalue weighted by Crippen LogP contribution is 2.17. The third-order valence-electron chi connectivity index (χ3n) is 2.12. The lowest BCUT2D eigenvalue weighted by molar-refractivity contribution is 0.0893. The predicted molar refractivity (Wildman–Crippen MR) is 61.5 cm³/mol. The van der Waals surface area contributed by atoms with Crippen LogP contribution < -0.4 is 0 Å². The Balaban J connectivity index is 2.54. The molecule has 0 saturated heterocycles. The fraction of sp³-hybridized carbons (Fsp3) is 0. The van der Waals surface area contributed by atoms with E-state index in [2.05, 4.69) is 0 Å². The molecule has 0 fully saturated rings. The van der Waals surface area contributed by atoms with E-state index in [1.54, 1.807) is 11.3 Å². The quantitative estimate of drug-likeness (QED) is 0.522. The Bertz CT molecular complexity index is 547. The third kappa shape index (κ3) is 1.74. The zero-order valence-corrected chi connectivity index (χ0v) is 8.66. The van der Waals surface area contributed by atoms with Crippen LogP contribution in [0, 0.1) is 0 Å². The van der Waals surface area contributed by atoms with Crippen molar-refractivity contribution in [2.75, 3.05) is 0 Å². The van der Waals surface area contributed by atoms with Gasteiger partial charge in [-0.1, -0.05) is 0 Å². The van der Waals surface area contributed by atoms with E-state index in [1.807, 2.05) is 48.5 Å². The molecule has 0 atom stereocenters. The summed E-state index contributed by atoms with van der Waals surface area (Å²) in [7, 11) is 0. The van der Waals surface area contributed by atoms with Crippen LogP contribution in [-0.2, 0) is 0 Å². The Hall–Kier alpha value is -1.74. The van der Waals surface area contributed by atoms with Crippen LogP contribution in [0.5, 0.6) is 0 Å². The van der Waals surface area contributed by atoms with E-state index in [0.29, 0.717) is 11.2 Å². The predicted octanol–water partition coefficient (Wildman–Crippen LogP) is 4.36. The number of benzene rings is 2. The van der Waals surface area contributed by atoms with Gasteiger partial charge in [0.25, 0.3) is 0 Å². The molecule has 0 spiro atoms. The molecule has 0 aliphatic heterocycles. The van der Waals surface area contributed by atoms with E-state index in [1.165, 1.54) is 9.40 Å². The second-order valence-electron chi connectivity index (χ2n) is 3.21. The third-order valence-corrected chi connectivity index (χ3v) is 3.13. The van der Waals surface area contributed by atoms with E-state index in [9.17, 15) is 0 Å². The zero-order valence-electron chi connectivity index (χ0n) is 7.84. The van der Waals surface area contributed by atoms with E-state index in [4.69, 9.17) is 9.15 Å². The first-order valence-electron chi connectivity index (χ1n) is 4.63. The minimum atomic E-state index is 0.712. The van der Waals surface area contributed by atoms with Crippen LogP contribution in [0.1, 0.15) is 0 Å². The lowest BCUT2D eigenvalue weighted by Gasteiger charge is -1.86. The molecule has 4 aromatic heterocycles. The topological polar surface area (TPSA) is 26.3 Å². The number of hydrogen-bond donors (Lipinski definition) is 0. The Morgan fingerprint density at radius 1 is 0.600 bits per heavy atom. The van der Waals surface area contributed by atoms with Crippen LogP contribution in [-0.4, -0.2) is 0 Å². The van der Waals surface area contributed by atoms with E-state index < -0.39 is 0 Å². The highest BCUT2D eigenvalue weighted by Gasteiger charge is 1.90. The van der Waals surface area contributed by atoms with Gasteiger partial charge in [-0.05, 0) is 48.5 Å². The van der Waals surface area contributed by atoms with Crippen molar-refractivity contribution in [1.82, 2.24) is 0 Å². The number of hydrogen-bond acceptors (Lipinski definition) is 3. The summed E-state index contributed by atoms with van der Waals surface area (Å²) >= 11 is 1.72. The average Bonchev–Trinajstić information content (AvgIpc) is 2.39. The van der Waals surface area contributed by atoms with Gasteiger partial charge in [0.2, 0.25) is 0 Å². The van der Waals surface area contributed by atoms with Gasteiger partial charge in [0, 0.05) is 9.40 Å². The summed E-state index contributed by atoms with van der Waals surface area (Å²) in [5, 5.41) is 0. The number of rotatable bonds is 0. The van der Waals surface area contributed by atoms with Crippen LogP contribution in [0.4, 0.5) is 0 Å². The maximum atomic E-state index is 5.16. The summed E-state index contributed by atoms with van der Waals surface area (Å²) in [4.78, 5) is 0. The van der Waals surface area contributed by atoms with Gasteiger partial charge in [0.15, 0.2) is 11.2 Å². The molecule has 0 N–H and O–H groups in total. The summed E-state index contributed by atoms with van der Waals surface area (Å²) < 4.78 is 12.7. The average molecular weight is 216 g/mol. The molecule has 4 bridgehead atoms. The first kappa shape index (κ1) is 8.56. The summed E-state index contributed by atoms with van der Waals surface area (Å²) in [5.74, 6) is 0. The van der Waals surface area contributed by atoms with Crippen molar-refractivity contribution in [1.29, 1.82) is 0 Å². The van der Waals surface area contributed by atoms with Gasteiger partial charge in [-0.3, -0.25) is 9.15 Å². The normalized spacial score (nSPS) is 10.7. The largest absolute Gasteiger partial charge is 0.290 e. The van der Waals surface area contributed by atoms with E-state index in [-0.39, 0.29) is 0 Å². The molecule has 6 rings (SSSR count). The van der Waals surface area contributed by atoms with Gasteiger partial charge < -0.3 is 0 Å². The fourth-order valence-electron chi connectivity index (χ4n) is 1.36. The first-order chi connectivity index (χ1) is 7.40. The van der Waals surface area contributed by atoms with Crippen molar-refractivity contribution in [3.8, 4) is 0 Å². The van der Waals surface area contributed by atoms with E-state index >= 15 is 0 Å². The molecule has 15 heavy (non-hydrogen) atoms. The fourth-order valence-corrected chi connectivity index (χ4v) is 2.18. The molecule has 0 unspecified atom stereocenters. The molecule has 0 radical (unpaired) electrons. The smallest absolute Gasteiger partial charge is 0.178 e. The maximum Gasteiger partial charge on any atom is 0.178 e. The summed E-state index contributed by atoms with van der Waals surface area (Å²) in [6, 6.07) is 15.6. The Kier molecular flexibility index (Phi) is 1.96. The minimum Gasteiger partial charge on any atom is -0.290 e. The molecule has 0 saturated carbocycles. The highest BCUT2D eigenvalue weighted by atomic mass is 32.1. The van der Waals surface area contributed by atoms with E-state index in [0.717, 1.165) is 0 Å². The van der Waals surface area contributed by atoms with Gasteiger partial charge in [-0.15, -0.1) is 11.3 Å². The second kappa shape index (κ2) is 3.44. The van der Waals surface area contributed by atoms with Crippen molar-refractivity contribution < 1.29 is 9.15 Å². The molecule has 6 aromatic rings. The lowest BCUT2D eigenvalue weighted by atomic mass is 10.4. The van der Waals surface area contributed by atoms with Crippen LogP contribution in [0.15, 0.2) is 57.7 Å². The maximum absolute atomic E-state index is 5.16. The van der Waals surface area contributed by atoms with Crippen molar-refractivity contribution >= 4 is 31.9 Å². The minimum absolute atomic E-state index is 0.712. The van der Waals surface area contributed by atoms with Crippen molar-refractivity contribution in [3.05, 3.63) is 48.5 Å². The van der Waals surface area contributed by atoms with Crippen molar-refractivity contribution in [2.45, 2.75) is 0 Å².